The topological polar surface area (TPSA) is 40.5 Å². The molecule has 3 rings (SSSR count). The molecular weight excluding hydrogens is 286 g/mol. The lowest BCUT2D eigenvalue weighted by Gasteiger charge is -2.29. The van der Waals surface area contributed by atoms with Gasteiger partial charge in [0.25, 0.3) is 5.91 Å². The average molecular weight is 302 g/mol. The number of nitrogens with zero attached hydrogens (tertiary/aromatic N) is 1. The smallest absolute Gasteiger partial charge is 0.257 e. The highest BCUT2D eigenvalue weighted by molar-refractivity contribution is 6.31. The summed E-state index contributed by atoms with van der Waals surface area (Å²) in [5.74, 6) is -0.148. The van der Waals surface area contributed by atoms with Crippen molar-refractivity contribution < 1.29 is 9.90 Å². The molecule has 1 amide bonds. The van der Waals surface area contributed by atoms with Crippen LogP contribution in [0.1, 0.15) is 46.2 Å². The lowest BCUT2D eigenvalue weighted by Crippen LogP contribution is -2.31. The van der Waals surface area contributed by atoms with Gasteiger partial charge in [0.05, 0.1) is 6.04 Å². The molecule has 1 N–H and O–H groups in total. The van der Waals surface area contributed by atoms with E-state index >= 15 is 0 Å². The average Bonchev–Trinajstić information content (AvgIpc) is 2.74. The van der Waals surface area contributed by atoms with Crippen molar-refractivity contribution in [2.75, 3.05) is 0 Å². The summed E-state index contributed by atoms with van der Waals surface area (Å²) in [5, 5.41) is 11.1. The molecule has 2 unspecified atom stereocenters. The Morgan fingerprint density at radius 1 is 1.19 bits per heavy atom. The minimum absolute atomic E-state index is 0.148. The molecule has 21 heavy (non-hydrogen) atoms. The van der Waals surface area contributed by atoms with Crippen LogP contribution in [0.4, 0.5) is 0 Å². The van der Waals surface area contributed by atoms with Crippen molar-refractivity contribution in [3.8, 4) is 0 Å². The number of amides is 1. The highest BCUT2D eigenvalue weighted by atomic mass is 35.5. The van der Waals surface area contributed by atoms with Crippen LogP contribution in [-0.4, -0.2) is 15.9 Å². The summed E-state index contributed by atoms with van der Waals surface area (Å²) in [5.41, 5.74) is 3.11. The number of aliphatic hydroxyl groups is 1. The fourth-order valence-corrected chi connectivity index (χ4v) is 3.11. The fourth-order valence-electron chi connectivity index (χ4n) is 2.93. The molecule has 0 aliphatic carbocycles. The molecule has 108 valence electrons. The predicted molar refractivity (Wildman–Crippen MR) is 82.2 cm³/mol. The zero-order chi connectivity index (χ0) is 15.1. The minimum Gasteiger partial charge on any atom is -0.369 e. The van der Waals surface area contributed by atoms with E-state index in [1.54, 1.807) is 12.1 Å². The Bertz CT molecular complexity index is 714. The molecule has 1 aliphatic heterocycles. The highest BCUT2D eigenvalue weighted by Gasteiger charge is 2.38. The van der Waals surface area contributed by atoms with E-state index in [0.717, 1.165) is 11.1 Å². The first-order valence-corrected chi connectivity index (χ1v) is 7.25. The Hall–Kier alpha value is -1.84. The normalized spacial score (nSPS) is 18.8. The Morgan fingerprint density at radius 3 is 2.62 bits per heavy atom. The van der Waals surface area contributed by atoms with Gasteiger partial charge in [0.2, 0.25) is 0 Å². The van der Waals surface area contributed by atoms with E-state index in [0.29, 0.717) is 16.1 Å². The molecule has 1 heterocycles. The number of carbonyl (C=O) groups excluding carboxylic acids is 1. The van der Waals surface area contributed by atoms with Gasteiger partial charge in [0, 0.05) is 16.1 Å². The summed E-state index contributed by atoms with van der Waals surface area (Å²) in [4.78, 5) is 14.1. The summed E-state index contributed by atoms with van der Waals surface area (Å²) < 4.78 is 0. The van der Waals surface area contributed by atoms with Crippen molar-refractivity contribution in [2.45, 2.75) is 26.1 Å². The van der Waals surface area contributed by atoms with E-state index in [1.165, 1.54) is 4.90 Å². The number of halogens is 1. The number of benzene rings is 2. The molecule has 0 radical (unpaired) electrons. The lowest BCUT2D eigenvalue weighted by molar-refractivity contribution is -0.000414. The molecule has 1 aliphatic rings. The number of hydrogen-bond acceptors (Lipinski definition) is 2. The fraction of sp³-hybridized carbons (Fsp3) is 0.235. The van der Waals surface area contributed by atoms with Crippen LogP contribution in [0.15, 0.2) is 42.5 Å². The van der Waals surface area contributed by atoms with Crippen LogP contribution >= 0.6 is 11.6 Å². The van der Waals surface area contributed by atoms with Crippen LogP contribution in [0.2, 0.25) is 5.02 Å². The van der Waals surface area contributed by atoms with Gasteiger partial charge in [0.15, 0.2) is 6.23 Å². The van der Waals surface area contributed by atoms with E-state index in [9.17, 15) is 9.90 Å². The van der Waals surface area contributed by atoms with E-state index in [-0.39, 0.29) is 11.9 Å². The monoisotopic (exact) mass is 301 g/mol. The van der Waals surface area contributed by atoms with Crippen LogP contribution < -0.4 is 0 Å². The largest absolute Gasteiger partial charge is 0.369 e. The van der Waals surface area contributed by atoms with E-state index in [4.69, 9.17) is 11.6 Å². The zero-order valence-electron chi connectivity index (χ0n) is 11.9. The molecule has 0 fully saturated rings. The molecule has 0 saturated carbocycles. The first-order chi connectivity index (χ1) is 10.0. The summed E-state index contributed by atoms with van der Waals surface area (Å²) in [7, 11) is 0. The second kappa shape index (κ2) is 5.17. The third kappa shape index (κ3) is 2.13. The van der Waals surface area contributed by atoms with Crippen molar-refractivity contribution >= 4 is 17.5 Å². The van der Waals surface area contributed by atoms with Crippen LogP contribution in [0.5, 0.6) is 0 Å². The number of carbonyl (C=O) groups is 1. The number of fused-ring (bicyclic) bond motifs is 1. The van der Waals surface area contributed by atoms with Crippen LogP contribution in [0.25, 0.3) is 0 Å². The van der Waals surface area contributed by atoms with Gasteiger partial charge in [-0.3, -0.25) is 4.79 Å². The molecule has 4 heteroatoms. The van der Waals surface area contributed by atoms with E-state index in [1.807, 2.05) is 44.2 Å². The summed E-state index contributed by atoms with van der Waals surface area (Å²) in [6, 6.07) is 12.5. The molecule has 3 nitrogen and oxygen atoms in total. The molecule has 0 bridgehead atoms. The van der Waals surface area contributed by atoms with Gasteiger partial charge >= 0.3 is 0 Å². The predicted octanol–water partition coefficient (Wildman–Crippen LogP) is 3.86. The van der Waals surface area contributed by atoms with Gasteiger partial charge in [-0.2, -0.15) is 0 Å². The Morgan fingerprint density at radius 2 is 1.90 bits per heavy atom. The first kappa shape index (κ1) is 14.1. The van der Waals surface area contributed by atoms with Gasteiger partial charge < -0.3 is 10.0 Å². The molecule has 0 aromatic heterocycles. The van der Waals surface area contributed by atoms with Gasteiger partial charge in [-0.1, -0.05) is 41.9 Å². The van der Waals surface area contributed by atoms with Gasteiger partial charge in [0.1, 0.15) is 0 Å². The second-order valence-electron chi connectivity index (χ2n) is 5.30. The van der Waals surface area contributed by atoms with Crippen LogP contribution in [0.3, 0.4) is 0 Å². The van der Waals surface area contributed by atoms with Crippen LogP contribution in [0, 0.1) is 6.92 Å². The quantitative estimate of drug-likeness (QED) is 0.915. The molecule has 2 aromatic carbocycles. The number of rotatable bonds is 2. The Kier molecular flexibility index (Phi) is 3.47. The maximum absolute atomic E-state index is 12.6. The summed E-state index contributed by atoms with van der Waals surface area (Å²) in [6.45, 7) is 3.83. The maximum Gasteiger partial charge on any atom is 0.257 e. The van der Waals surface area contributed by atoms with Gasteiger partial charge in [-0.05, 0) is 37.1 Å². The molecule has 0 saturated heterocycles. The standard InChI is InChI=1S/C17H16ClNO2/c1-10-12(8-5-9-15(10)18)11(2)19-16(20)13-6-3-4-7-14(13)17(19)21/h3-9,11,16,20H,1-2H3. The highest BCUT2D eigenvalue weighted by Crippen LogP contribution is 2.39. The summed E-state index contributed by atoms with van der Waals surface area (Å²) in [6.07, 6.45) is -0.915. The molecular formula is C17H16ClNO2. The van der Waals surface area contributed by atoms with E-state index < -0.39 is 6.23 Å². The third-order valence-corrected chi connectivity index (χ3v) is 4.55. The Balaban J connectivity index is 2.02. The number of hydrogen-bond donors (Lipinski definition) is 1. The molecule has 2 atom stereocenters. The third-order valence-electron chi connectivity index (χ3n) is 4.14. The Labute approximate surface area is 128 Å². The second-order valence-corrected chi connectivity index (χ2v) is 5.71. The molecule has 0 spiro atoms. The maximum atomic E-state index is 12.6. The van der Waals surface area contributed by atoms with Crippen molar-refractivity contribution in [1.82, 2.24) is 4.90 Å². The van der Waals surface area contributed by atoms with Gasteiger partial charge in [-0.15, -0.1) is 0 Å². The van der Waals surface area contributed by atoms with Crippen molar-refractivity contribution in [3.05, 3.63) is 69.7 Å². The first-order valence-electron chi connectivity index (χ1n) is 6.87. The van der Waals surface area contributed by atoms with Crippen LogP contribution in [-0.2, 0) is 0 Å². The van der Waals surface area contributed by atoms with Crippen molar-refractivity contribution in [2.24, 2.45) is 0 Å². The van der Waals surface area contributed by atoms with E-state index in [2.05, 4.69) is 0 Å². The zero-order valence-corrected chi connectivity index (χ0v) is 12.6. The summed E-state index contributed by atoms with van der Waals surface area (Å²) >= 11 is 6.16. The molecule has 2 aromatic rings. The SMILES string of the molecule is Cc1c(Cl)cccc1C(C)N1C(=O)c2ccccc2C1O. The van der Waals surface area contributed by atoms with Crippen molar-refractivity contribution in [3.63, 3.8) is 0 Å². The lowest BCUT2D eigenvalue weighted by atomic mass is 10.0. The minimum atomic E-state index is -0.915. The van der Waals surface area contributed by atoms with Gasteiger partial charge in [-0.25, -0.2) is 0 Å². The van der Waals surface area contributed by atoms with Crippen molar-refractivity contribution in [1.29, 1.82) is 0 Å². The number of aliphatic hydroxyl groups excluding tert-OH is 1.